The van der Waals surface area contributed by atoms with Crippen molar-refractivity contribution in [1.29, 1.82) is 5.26 Å². The Kier molecular flexibility index (Phi) is 8.67. The van der Waals surface area contributed by atoms with Gasteiger partial charge in [-0.15, -0.1) is 0 Å². The number of benzene rings is 2. The van der Waals surface area contributed by atoms with Gasteiger partial charge in [-0.3, -0.25) is 4.79 Å². The third-order valence-corrected chi connectivity index (χ3v) is 9.15. The summed E-state index contributed by atoms with van der Waals surface area (Å²) in [4.78, 5) is 36.6. The normalized spacial score (nSPS) is 15.3. The number of fused-ring (bicyclic) bond motifs is 3. The Morgan fingerprint density at radius 2 is 2.04 bits per heavy atom. The number of rotatable bonds is 11. The second-order valence-corrected chi connectivity index (χ2v) is 14.0. The van der Waals surface area contributed by atoms with Gasteiger partial charge in [0.2, 0.25) is 5.82 Å². The number of nitrogens with zero attached hydrogens (tertiary/aromatic N) is 8. The molecule has 260 valence electrons. The molecule has 13 nitrogen and oxygen atoms in total. The highest BCUT2D eigenvalue weighted by Crippen LogP contribution is 2.39. The molecule has 1 aliphatic heterocycles. The fourth-order valence-electron chi connectivity index (χ4n) is 6.59. The van der Waals surface area contributed by atoms with Crippen molar-refractivity contribution in [1.82, 2.24) is 39.1 Å². The Labute approximate surface area is 288 Å². The number of hydrogen-bond acceptors (Lipinski definition) is 8. The quantitative estimate of drug-likeness (QED) is 0.205. The summed E-state index contributed by atoms with van der Waals surface area (Å²) in [5.41, 5.74) is 4.25. The molecule has 0 radical (unpaired) electrons. The van der Waals surface area contributed by atoms with Crippen molar-refractivity contribution < 1.29 is 23.5 Å². The van der Waals surface area contributed by atoms with Crippen LogP contribution in [0.25, 0.3) is 33.5 Å². The monoisotopic (exact) mass is 681 g/mol. The minimum absolute atomic E-state index is 0.0313. The first-order valence-corrected chi connectivity index (χ1v) is 16.9. The van der Waals surface area contributed by atoms with E-state index in [4.69, 9.17) is 14.5 Å². The minimum atomic E-state index is -0.889. The van der Waals surface area contributed by atoms with E-state index >= 15 is 0 Å². The highest BCUT2D eigenvalue weighted by atomic mass is 19.1. The summed E-state index contributed by atoms with van der Waals surface area (Å²) in [6, 6.07) is 13.1. The van der Waals surface area contributed by atoms with Gasteiger partial charge in [0.25, 0.3) is 5.91 Å². The van der Waals surface area contributed by atoms with Crippen molar-refractivity contribution in [2.45, 2.75) is 64.8 Å². The smallest absolute Gasteiger partial charge is 0.408 e. The van der Waals surface area contributed by atoms with Gasteiger partial charge in [-0.2, -0.15) is 10.4 Å². The number of para-hydroxylation sites is 1. The van der Waals surface area contributed by atoms with Gasteiger partial charge in [0.05, 0.1) is 34.8 Å². The Morgan fingerprint density at radius 1 is 1.22 bits per heavy atom. The first kappa shape index (κ1) is 33.1. The molecule has 14 heteroatoms. The van der Waals surface area contributed by atoms with Gasteiger partial charge in [0.1, 0.15) is 37.0 Å². The van der Waals surface area contributed by atoms with Gasteiger partial charge < -0.3 is 28.8 Å². The zero-order valence-electron chi connectivity index (χ0n) is 28.6. The second kappa shape index (κ2) is 13.1. The number of aromatic nitrogens is 6. The lowest BCUT2D eigenvalue weighted by Crippen LogP contribution is -2.50. The summed E-state index contributed by atoms with van der Waals surface area (Å²) >= 11 is 0. The van der Waals surface area contributed by atoms with E-state index < -0.39 is 24.4 Å². The summed E-state index contributed by atoms with van der Waals surface area (Å²) in [5.74, 6) is 2.09. The standard InChI is InChI=1S/C36H40FN9O4/c1-36(2,3)50-35(48)41-25(17-37)20-44-11-10-23-14-28-27(16-26(23)34(44)47)42-33(43(28)4)29-15-24-6-5-7-30(32(24)45(29)19-22-8-9-22)49-13-12-46-31(18-38)39-21-40-46/h5-7,14-16,21-22,25H,8-13,17,19-20H2,1-4H3,(H,41,48)/t25-/m1/s1. The number of carbonyl (C=O) groups is 2. The van der Waals surface area contributed by atoms with Crippen LogP contribution in [0.2, 0.25) is 0 Å². The molecule has 0 saturated heterocycles. The fourth-order valence-corrected chi connectivity index (χ4v) is 6.59. The van der Waals surface area contributed by atoms with Crippen LogP contribution in [0.4, 0.5) is 9.18 Å². The number of ether oxygens (including phenoxy) is 2. The molecule has 2 amide bonds. The van der Waals surface area contributed by atoms with Crippen LogP contribution >= 0.6 is 0 Å². The van der Waals surface area contributed by atoms with Crippen LogP contribution < -0.4 is 10.1 Å². The summed E-state index contributed by atoms with van der Waals surface area (Å²) < 4.78 is 31.4. The Bertz CT molecular complexity index is 2130. The maximum absolute atomic E-state index is 14.0. The predicted molar refractivity (Wildman–Crippen MR) is 183 cm³/mol. The van der Waals surface area contributed by atoms with E-state index in [1.807, 2.05) is 37.4 Å². The maximum Gasteiger partial charge on any atom is 0.408 e. The number of halogens is 1. The van der Waals surface area contributed by atoms with E-state index in [0.29, 0.717) is 43.1 Å². The second-order valence-electron chi connectivity index (χ2n) is 14.0. The Hall–Kier alpha value is -5.45. The molecule has 0 spiro atoms. The van der Waals surface area contributed by atoms with Crippen LogP contribution in [0.5, 0.6) is 5.75 Å². The molecule has 1 fully saturated rings. The number of alkyl halides is 1. The van der Waals surface area contributed by atoms with Crippen LogP contribution in [0.1, 0.15) is 55.4 Å². The summed E-state index contributed by atoms with van der Waals surface area (Å²) in [6.07, 6.45) is 3.56. The molecule has 1 aliphatic carbocycles. The lowest BCUT2D eigenvalue weighted by atomic mass is 9.97. The number of hydrogen-bond donors (Lipinski definition) is 1. The van der Waals surface area contributed by atoms with Gasteiger partial charge >= 0.3 is 6.09 Å². The first-order chi connectivity index (χ1) is 24.0. The number of aryl methyl sites for hydroxylation is 1. The molecule has 5 aromatic rings. The van der Waals surface area contributed by atoms with E-state index in [9.17, 15) is 19.2 Å². The highest BCUT2D eigenvalue weighted by molar-refractivity contribution is 6.01. The zero-order valence-corrected chi connectivity index (χ0v) is 28.6. The SMILES string of the molecule is Cn1c(-c2cc3cccc(OCCn4ncnc4C#N)c3n2CC2CC2)nc2cc3c(cc21)CCN(C[C@@H](CF)NC(=O)OC(C)(C)C)C3=O. The average Bonchev–Trinajstić information content (AvgIpc) is 3.51. The predicted octanol–water partition coefficient (Wildman–Crippen LogP) is 5.01. The molecule has 1 N–H and O–H groups in total. The highest BCUT2D eigenvalue weighted by Gasteiger charge is 2.31. The number of carbonyl (C=O) groups excluding carboxylic acids is 2. The molecular weight excluding hydrogens is 641 g/mol. The molecular formula is C36H40FN9O4. The zero-order chi connectivity index (χ0) is 35.2. The largest absolute Gasteiger partial charge is 0.489 e. The van der Waals surface area contributed by atoms with E-state index in [-0.39, 0.29) is 18.3 Å². The summed E-state index contributed by atoms with van der Waals surface area (Å²) in [5, 5.41) is 17.0. The van der Waals surface area contributed by atoms with Crippen molar-refractivity contribution in [2.75, 3.05) is 26.4 Å². The Morgan fingerprint density at radius 3 is 2.78 bits per heavy atom. The third kappa shape index (κ3) is 6.59. The molecule has 7 rings (SSSR count). The lowest BCUT2D eigenvalue weighted by Gasteiger charge is -2.31. The number of imidazole rings is 1. The molecule has 0 bridgehead atoms. The van der Waals surface area contributed by atoms with Gasteiger partial charge in [0.15, 0.2) is 5.82 Å². The topological polar surface area (TPSA) is 145 Å². The molecule has 1 atom stereocenters. The van der Waals surface area contributed by atoms with Gasteiger partial charge in [-0.25, -0.2) is 23.8 Å². The molecule has 2 aliphatic rings. The van der Waals surface area contributed by atoms with Gasteiger partial charge in [-0.1, -0.05) is 12.1 Å². The van der Waals surface area contributed by atoms with Crippen LogP contribution in [0, 0.1) is 17.2 Å². The van der Waals surface area contributed by atoms with E-state index in [1.165, 1.54) is 11.0 Å². The summed E-state index contributed by atoms with van der Waals surface area (Å²) in [6.45, 7) is 6.34. The van der Waals surface area contributed by atoms with Crippen molar-refractivity contribution in [3.8, 4) is 23.3 Å². The maximum atomic E-state index is 14.0. The molecule has 1 saturated carbocycles. The number of nitriles is 1. The van der Waals surface area contributed by atoms with Crippen LogP contribution in [0.3, 0.4) is 0 Å². The first-order valence-electron chi connectivity index (χ1n) is 16.9. The van der Waals surface area contributed by atoms with Crippen molar-refractivity contribution in [3.63, 3.8) is 0 Å². The lowest BCUT2D eigenvalue weighted by molar-refractivity contribution is 0.0466. The molecule has 4 heterocycles. The molecule has 0 unspecified atom stereocenters. The average molecular weight is 682 g/mol. The number of nitrogens with one attached hydrogen (secondary N) is 1. The van der Waals surface area contributed by atoms with Gasteiger partial charge in [-0.05, 0) is 75.8 Å². The van der Waals surface area contributed by atoms with Crippen molar-refractivity contribution >= 4 is 33.9 Å². The number of amides is 2. The third-order valence-electron chi connectivity index (χ3n) is 9.15. The molecule has 3 aromatic heterocycles. The minimum Gasteiger partial charge on any atom is -0.489 e. The van der Waals surface area contributed by atoms with Crippen LogP contribution in [-0.4, -0.2) is 83.8 Å². The fraction of sp³-hybridized carbons (Fsp3) is 0.444. The molecule has 2 aromatic carbocycles. The van der Waals surface area contributed by atoms with Crippen LogP contribution in [-0.2, 0) is 31.3 Å². The van der Waals surface area contributed by atoms with Gasteiger partial charge in [0, 0.05) is 37.6 Å². The van der Waals surface area contributed by atoms with Crippen LogP contribution in [0.15, 0.2) is 42.7 Å². The van der Waals surface area contributed by atoms with E-state index in [0.717, 1.165) is 58.6 Å². The van der Waals surface area contributed by atoms with Crippen molar-refractivity contribution in [2.24, 2.45) is 13.0 Å². The summed E-state index contributed by atoms with van der Waals surface area (Å²) in [7, 11) is 1.99. The van der Waals surface area contributed by atoms with Crippen molar-refractivity contribution in [3.05, 3.63) is 59.7 Å². The Balaban J connectivity index is 1.17. The van der Waals surface area contributed by atoms with E-state index in [2.05, 4.69) is 36.7 Å². The molecule has 50 heavy (non-hydrogen) atoms. The number of alkyl carbamates (subject to hydrolysis) is 1. The van der Waals surface area contributed by atoms with E-state index in [1.54, 1.807) is 25.7 Å².